The fraction of sp³-hybridized carbons (Fsp3) is 0.533. The molecule has 1 aliphatic heterocycles. The highest BCUT2D eigenvalue weighted by Gasteiger charge is 2.37. The lowest BCUT2D eigenvalue weighted by molar-refractivity contribution is -0.122. The SMILES string of the molecule is N[C@@H]1C[C@@H]1c1cc(NC(=O)C2CCOCC2)ccc1F. The maximum Gasteiger partial charge on any atom is 0.227 e. The van der Waals surface area contributed by atoms with Gasteiger partial charge in [-0.25, -0.2) is 4.39 Å². The smallest absolute Gasteiger partial charge is 0.227 e. The van der Waals surface area contributed by atoms with Gasteiger partial charge in [0.05, 0.1) is 0 Å². The van der Waals surface area contributed by atoms with Gasteiger partial charge in [0.15, 0.2) is 0 Å². The number of nitrogens with one attached hydrogen (secondary N) is 1. The molecule has 1 aliphatic carbocycles. The molecule has 0 bridgehead atoms. The van der Waals surface area contributed by atoms with Gasteiger partial charge in [0, 0.05) is 36.8 Å². The quantitative estimate of drug-likeness (QED) is 0.889. The van der Waals surface area contributed by atoms with Gasteiger partial charge in [-0.15, -0.1) is 0 Å². The van der Waals surface area contributed by atoms with Gasteiger partial charge in [-0.2, -0.15) is 0 Å². The Hall–Kier alpha value is -1.46. The van der Waals surface area contributed by atoms with Crippen molar-refractivity contribution in [2.24, 2.45) is 11.7 Å². The molecule has 5 heteroatoms. The van der Waals surface area contributed by atoms with Crippen molar-refractivity contribution in [1.82, 2.24) is 0 Å². The molecule has 0 radical (unpaired) electrons. The molecular formula is C15H19FN2O2. The van der Waals surface area contributed by atoms with Crippen molar-refractivity contribution in [3.63, 3.8) is 0 Å². The number of carbonyl (C=O) groups excluding carboxylic acids is 1. The second kappa shape index (κ2) is 5.50. The summed E-state index contributed by atoms with van der Waals surface area (Å²) in [7, 11) is 0. The number of benzene rings is 1. The first-order valence-corrected chi connectivity index (χ1v) is 7.09. The molecule has 1 heterocycles. The zero-order valence-corrected chi connectivity index (χ0v) is 11.3. The van der Waals surface area contributed by atoms with Crippen LogP contribution in [0.5, 0.6) is 0 Å². The van der Waals surface area contributed by atoms with E-state index in [1.165, 1.54) is 6.07 Å². The first kappa shape index (κ1) is 13.5. The monoisotopic (exact) mass is 278 g/mol. The molecule has 0 spiro atoms. The molecule has 1 saturated heterocycles. The van der Waals surface area contributed by atoms with E-state index in [0.717, 1.165) is 19.3 Å². The van der Waals surface area contributed by atoms with Crippen LogP contribution < -0.4 is 11.1 Å². The Morgan fingerprint density at radius 3 is 2.70 bits per heavy atom. The minimum atomic E-state index is -0.244. The minimum Gasteiger partial charge on any atom is -0.381 e. The summed E-state index contributed by atoms with van der Waals surface area (Å²) in [6, 6.07) is 4.76. The predicted molar refractivity (Wildman–Crippen MR) is 73.9 cm³/mol. The Kier molecular flexibility index (Phi) is 3.72. The average molecular weight is 278 g/mol. The summed E-state index contributed by atoms with van der Waals surface area (Å²) in [6.07, 6.45) is 2.30. The standard InChI is InChI=1S/C15H19FN2O2/c16-13-2-1-10(7-11(13)12-8-14(12)17)18-15(19)9-3-5-20-6-4-9/h1-2,7,9,12,14H,3-6,8,17H2,(H,18,19)/t12-,14-/m1/s1. The van der Waals surface area contributed by atoms with Crippen LogP contribution in [0.4, 0.5) is 10.1 Å². The average Bonchev–Trinajstić information content (AvgIpc) is 3.18. The Morgan fingerprint density at radius 1 is 1.35 bits per heavy atom. The van der Waals surface area contributed by atoms with E-state index < -0.39 is 0 Å². The van der Waals surface area contributed by atoms with E-state index >= 15 is 0 Å². The van der Waals surface area contributed by atoms with Gasteiger partial charge in [-0.05, 0) is 43.0 Å². The summed E-state index contributed by atoms with van der Waals surface area (Å²) in [5.74, 6) is -0.173. The number of hydrogen-bond acceptors (Lipinski definition) is 3. The Balaban J connectivity index is 1.69. The molecule has 4 nitrogen and oxygen atoms in total. The summed E-state index contributed by atoms with van der Waals surface area (Å²) >= 11 is 0. The first-order valence-electron chi connectivity index (χ1n) is 7.09. The van der Waals surface area contributed by atoms with Crippen LogP contribution in [0.15, 0.2) is 18.2 Å². The number of ether oxygens (including phenoxy) is 1. The highest BCUT2D eigenvalue weighted by atomic mass is 19.1. The van der Waals surface area contributed by atoms with Gasteiger partial charge < -0.3 is 15.8 Å². The molecule has 2 aliphatic rings. The van der Waals surface area contributed by atoms with Crippen LogP contribution in [0.3, 0.4) is 0 Å². The summed E-state index contributed by atoms with van der Waals surface area (Å²) in [5.41, 5.74) is 7.03. The van der Waals surface area contributed by atoms with Gasteiger partial charge in [0.1, 0.15) is 5.82 Å². The Labute approximate surface area is 117 Å². The molecule has 1 saturated carbocycles. The van der Waals surface area contributed by atoms with E-state index in [1.807, 2.05) is 0 Å². The van der Waals surface area contributed by atoms with Crippen molar-refractivity contribution >= 4 is 11.6 Å². The van der Waals surface area contributed by atoms with Crippen molar-refractivity contribution in [2.75, 3.05) is 18.5 Å². The second-order valence-electron chi connectivity index (χ2n) is 5.62. The van der Waals surface area contributed by atoms with Crippen molar-refractivity contribution in [1.29, 1.82) is 0 Å². The molecule has 20 heavy (non-hydrogen) atoms. The number of rotatable bonds is 3. The first-order chi connectivity index (χ1) is 9.65. The number of nitrogens with two attached hydrogens (primary N) is 1. The molecule has 108 valence electrons. The third-order valence-electron chi connectivity index (χ3n) is 4.09. The van der Waals surface area contributed by atoms with Crippen LogP contribution in [-0.4, -0.2) is 25.2 Å². The predicted octanol–water partition coefficient (Wildman–Crippen LogP) is 2.01. The topological polar surface area (TPSA) is 64.3 Å². The minimum absolute atomic E-state index is 0.00838. The number of amides is 1. The van der Waals surface area contributed by atoms with Gasteiger partial charge >= 0.3 is 0 Å². The van der Waals surface area contributed by atoms with Crippen LogP contribution in [0.2, 0.25) is 0 Å². The number of hydrogen-bond donors (Lipinski definition) is 2. The molecule has 1 aromatic carbocycles. The van der Waals surface area contributed by atoms with E-state index in [0.29, 0.717) is 24.5 Å². The lowest BCUT2D eigenvalue weighted by Gasteiger charge is -2.21. The van der Waals surface area contributed by atoms with Crippen molar-refractivity contribution in [3.8, 4) is 0 Å². The van der Waals surface area contributed by atoms with E-state index in [1.54, 1.807) is 12.1 Å². The van der Waals surface area contributed by atoms with Gasteiger partial charge in [0.25, 0.3) is 0 Å². The molecule has 3 N–H and O–H groups in total. The zero-order valence-electron chi connectivity index (χ0n) is 11.3. The summed E-state index contributed by atoms with van der Waals surface area (Å²) < 4.78 is 19.0. The van der Waals surface area contributed by atoms with E-state index in [9.17, 15) is 9.18 Å². The van der Waals surface area contributed by atoms with Crippen LogP contribution >= 0.6 is 0 Å². The molecule has 0 unspecified atom stereocenters. The van der Waals surface area contributed by atoms with Gasteiger partial charge in [-0.1, -0.05) is 0 Å². The molecule has 3 rings (SSSR count). The Bertz CT molecular complexity index is 515. The lowest BCUT2D eigenvalue weighted by atomic mass is 9.99. The fourth-order valence-corrected chi connectivity index (χ4v) is 2.68. The van der Waals surface area contributed by atoms with Crippen molar-refractivity contribution in [2.45, 2.75) is 31.2 Å². The van der Waals surface area contributed by atoms with Crippen LogP contribution in [0.25, 0.3) is 0 Å². The zero-order chi connectivity index (χ0) is 14.1. The molecule has 1 aromatic rings. The van der Waals surface area contributed by atoms with E-state index in [-0.39, 0.29) is 29.6 Å². The highest BCUT2D eigenvalue weighted by molar-refractivity contribution is 5.92. The maximum absolute atomic E-state index is 13.7. The van der Waals surface area contributed by atoms with Crippen molar-refractivity contribution in [3.05, 3.63) is 29.6 Å². The third-order valence-corrected chi connectivity index (χ3v) is 4.09. The maximum atomic E-state index is 13.7. The van der Waals surface area contributed by atoms with Gasteiger partial charge in [-0.3, -0.25) is 4.79 Å². The number of halogens is 1. The lowest BCUT2D eigenvalue weighted by Crippen LogP contribution is -2.28. The molecule has 0 aromatic heterocycles. The molecule has 2 atom stereocenters. The highest BCUT2D eigenvalue weighted by Crippen LogP contribution is 2.41. The van der Waals surface area contributed by atoms with E-state index in [2.05, 4.69) is 5.32 Å². The fourth-order valence-electron chi connectivity index (χ4n) is 2.68. The van der Waals surface area contributed by atoms with Gasteiger partial charge in [0.2, 0.25) is 5.91 Å². The Morgan fingerprint density at radius 2 is 2.05 bits per heavy atom. The second-order valence-corrected chi connectivity index (χ2v) is 5.62. The van der Waals surface area contributed by atoms with Crippen LogP contribution in [0, 0.1) is 11.7 Å². The van der Waals surface area contributed by atoms with Crippen LogP contribution in [0.1, 0.15) is 30.7 Å². The summed E-state index contributed by atoms with van der Waals surface area (Å²) in [4.78, 5) is 12.1. The summed E-state index contributed by atoms with van der Waals surface area (Å²) in [5, 5.41) is 2.87. The van der Waals surface area contributed by atoms with Crippen LogP contribution in [-0.2, 0) is 9.53 Å². The van der Waals surface area contributed by atoms with E-state index in [4.69, 9.17) is 10.5 Å². The molecule has 1 amide bonds. The molecular weight excluding hydrogens is 259 g/mol. The third kappa shape index (κ3) is 2.83. The number of anilines is 1. The summed E-state index contributed by atoms with van der Waals surface area (Å²) in [6.45, 7) is 1.26. The van der Waals surface area contributed by atoms with Crippen molar-refractivity contribution < 1.29 is 13.9 Å². The number of carbonyl (C=O) groups is 1. The molecule has 2 fully saturated rings. The largest absolute Gasteiger partial charge is 0.381 e. The normalized spacial score (nSPS) is 26.3.